The van der Waals surface area contributed by atoms with E-state index in [2.05, 4.69) is 113 Å². The zero-order valence-electron chi connectivity index (χ0n) is 27.5. The van der Waals surface area contributed by atoms with Crippen LogP contribution in [0.5, 0.6) is 0 Å². The second kappa shape index (κ2) is 10.8. The van der Waals surface area contributed by atoms with E-state index < -0.39 is 14.4 Å². The molecule has 1 aromatic carbocycles. The van der Waals surface area contributed by atoms with Gasteiger partial charge in [0.25, 0.3) is 0 Å². The van der Waals surface area contributed by atoms with E-state index in [9.17, 15) is 5.11 Å². The zero-order chi connectivity index (χ0) is 29.8. The van der Waals surface area contributed by atoms with Crippen molar-refractivity contribution < 1.29 is 9.53 Å². The van der Waals surface area contributed by atoms with Gasteiger partial charge in [-0.2, -0.15) is 0 Å². The van der Waals surface area contributed by atoms with Gasteiger partial charge in [0, 0.05) is 22.5 Å². The highest BCUT2D eigenvalue weighted by Gasteiger charge is 2.45. The third-order valence-corrected chi connectivity index (χ3v) is 14.1. The number of nitrogens with zero attached hydrogens (tertiary/aromatic N) is 1. The summed E-state index contributed by atoms with van der Waals surface area (Å²) in [5.41, 5.74) is 9.52. The van der Waals surface area contributed by atoms with Gasteiger partial charge in [0.05, 0.1) is 6.10 Å². The van der Waals surface area contributed by atoms with Crippen LogP contribution in [0.1, 0.15) is 152 Å². The molecule has 1 heterocycles. The van der Waals surface area contributed by atoms with E-state index in [1.54, 1.807) is 0 Å². The summed E-state index contributed by atoms with van der Waals surface area (Å²) in [5.74, 6) is 0.203. The molecule has 0 bridgehead atoms. The van der Waals surface area contributed by atoms with E-state index in [-0.39, 0.29) is 27.9 Å². The Morgan fingerprint density at radius 2 is 1.65 bits per heavy atom. The lowest BCUT2D eigenvalue weighted by Gasteiger charge is -2.45. The Bertz CT molecular complexity index is 1260. The molecule has 0 saturated heterocycles. The van der Waals surface area contributed by atoms with Gasteiger partial charge < -0.3 is 9.53 Å². The number of hydrogen-bond donors (Lipinski definition) is 1. The van der Waals surface area contributed by atoms with Crippen LogP contribution >= 0.6 is 0 Å². The van der Waals surface area contributed by atoms with Crippen LogP contribution in [0.2, 0.25) is 18.1 Å². The Hall–Kier alpha value is -1.75. The molecule has 40 heavy (non-hydrogen) atoms. The number of rotatable bonds is 6. The summed E-state index contributed by atoms with van der Waals surface area (Å²) in [6.07, 6.45) is 6.90. The standard InChI is InChI=1S/C36H55NO2Si/c1-23(2)32-31(33(38)25-17-19-26(20-18-25)34(3,4)5)29(24-15-13-14-16-24)30-27(37-32)21-36(9,10)22-28(30)39-40(11,12)35(6,7)8/h15,17-20,23,28,33,38H,13-14,16,21-22H2,1-12H3/t28-,33?/m0/s1. The summed E-state index contributed by atoms with van der Waals surface area (Å²) in [6, 6.07) is 8.60. The summed E-state index contributed by atoms with van der Waals surface area (Å²) >= 11 is 0. The van der Waals surface area contributed by atoms with Gasteiger partial charge >= 0.3 is 0 Å². The van der Waals surface area contributed by atoms with Crippen molar-refractivity contribution in [2.45, 2.75) is 143 Å². The predicted molar refractivity (Wildman–Crippen MR) is 172 cm³/mol. The van der Waals surface area contributed by atoms with Crippen molar-refractivity contribution in [1.29, 1.82) is 0 Å². The van der Waals surface area contributed by atoms with E-state index in [1.165, 1.54) is 34.4 Å². The molecular formula is C36H55NO2Si. The molecule has 4 rings (SSSR count). The first-order chi connectivity index (χ1) is 18.3. The van der Waals surface area contributed by atoms with Crippen molar-refractivity contribution in [3.05, 3.63) is 69.5 Å². The molecule has 2 aliphatic carbocycles. The minimum Gasteiger partial charge on any atom is -0.410 e. The fourth-order valence-corrected chi connectivity index (χ4v) is 7.49. The van der Waals surface area contributed by atoms with Crippen molar-refractivity contribution in [3.63, 3.8) is 0 Å². The Balaban J connectivity index is 1.99. The van der Waals surface area contributed by atoms with Crippen LogP contribution in [-0.4, -0.2) is 18.4 Å². The molecule has 2 aromatic rings. The summed E-state index contributed by atoms with van der Waals surface area (Å²) in [7, 11) is -2.06. The largest absolute Gasteiger partial charge is 0.410 e. The molecular weight excluding hydrogens is 506 g/mol. The van der Waals surface area contributed by atoms with E-state index in [1.807, 2.05) is 0 Å². The van der Waals surface area contributed by atoms with Crippen molar-refractivity contribution in [1.82, 2.24) is 4.98 Å². The number of hydrogen-bond acceptors (Lipinski definition) is 3. The van der Waals surface area contributed by atoms with E-state index in [0.717, 1.165) is 42.5 Å². The maximum atomic E-state index is 12.2. The highest BCUT2D eigenvalue weighted by atomic mass is 28.4. The molecule has 1 aromatic heterocycles. The molecule has 2 aliphatic rings. The lowest BCUT2D eigenvalue weighted by atomic mass is 9.71. The topological polar surface area (TPSA) is 42.4 Å². The van der Waals surface area contributed by atoms with Crippen LogP contribution in [0.25, 0.3) is 5.57 Å². The van der Waals surface area contributed by atoms with Crippen LogP contribution < -0.4 is 0 Å². The molecule has 0 fully saturated rings. The van der Waals surface area contributed by atoms with Crippen LogP contribution in [0.4, 0.5) is 0 Å². The number of aromatic nitrogens is 1. The van der Waals surface area contributed by atoms with Gasteiger partial charge in [-0.3, -0.25) is 4.98 Å². The maximum Gasteiger partial charge on any atom is 0.192 e. The number of aliphatic hydroxyl groups is 1. The van der Waals surface area contributed by atoms with Gasteiger partial charge in [-0.05, 0) is 89.2 Å². The van der Waals surface area contributed by atoms with Gasteiger partial charge in [0.1, 0.15) is 6.10 Å². The second-order valence-electron chi connectivity index (χ2n) is 16.1. The van der Waals surface area contributed by atoms with Gasteiger partial charge in [0.2, 0.25) is 0 Å². The minimum atomic E-state index is -2.06. The molecule has 3 nitrogen and oxygen atoms in total. The van der Waals surface area contributed by atoms with Crippen LogP contribution in [0.3, 0.4) is 0 Å². The number of benzene rings is 1. The first-order valence-corrected chi connectivity index (χ1v) is 18.5. The first kappa shape index (κ1) is 31.2. The molecule has 1 unspecified atom stereocenters. The number of pyridine rings is 1. The summed E-state index contributed by atoms with van der Waals surface area (Å²) in [5, 5.41) is 12.3. The van der Waals surface area contributed by atoms with Crippen molar-refractivity contribution in [2.75, 3.05) is 0 Å². The van der Waals surface area contributed by atoms with Gasteiger partial charge in [-0.25, -0.2) is 0 Å². The summed E-state index contributed by atoms with van der Waals surface area (Å²) in [6.45, 7) is 27.6. The van der Waals surface area contributed by atoms with Gasteiger partial charge in [-0.15, -0.1) is 0 Å². The Labute approximate surface area is 246 Å². The van der Waals surface area contributed by atoms with Crippen molar-refractivity contribution in [3.8, 4) is 0 Å². The highest BCUT2D eigenvalue weighted by Crippen LogP contribution is 2.52. The third kappa shape index (κ3) is 6.20. The summed E-state index contributed by atoms with van der Waals surface area (Å²) in [4.78, 5) is 5.43. The predicted octanol–water partition coefficient (Wildman–Crippen LogP) is 10.2. The van der Waals surface area contributed by atoms with E-state index in [4.69, 9.17) is 9.41 Å². The molecule has 0 aliphatic heterocycles. The fraction of sp³-hybridized carbons (Fsp3) is 0.639. The number of fused-ring (bicyclic) bond motifs is 1. The minimum absolute atomic E-state index is 0.0147. The summed E-state index contributed by atoms with van der Waals surface area (Å²) < 4.78 is 7.29. The van der Waals surface area contributed by atoms with Crippen LogP contribution in [0, 0.1) is 5.41 Å². The lowest BCUT2D eigenvalue weighted by Crippen LogP contribution is -2.44. The molecule has 0 spiro atoms. The van der Waals surface area contributed by atoms with Crippen molar-refractivity contribution >= 4 is 13.9 Å². The fourth-order valence-electron chi connectivity index (χ4n) is 6.22. The quantitative estimate of drug-likeness (QED) is 0.357. The van der Waals surface area contributed by atoms with Crippen molar-refractivity contribution in [2.24, 2.45) is 5.41 Å². The first-order valence-electron chi connectivity index (χ1n) is 15.5. The molecule has 4 heteroatoms. The highest BCUT2D eigenvalue weighted by molar-refractivity contribution is 6.74. The Morgan fingerprint density at radius 3 is 2.15 bits per heavy atom. The number of aliphatic hydroxyl groups excluding tert-OH is 1. The average Bonchev–Trinajstić information content (AvgIpc) is 3.35. The third-order valence-electron chi connectivity index (χ3n) is 9.60. The van der Waals surface area contributed by atoms with Crippen LogP contribution in [0.15, 0.2) is 30.3 Å². The second-order valence-corrected chi connectivity index (χ2v) is 20.9. The maximum absolute atomic E-state index is 12.2. The van der Waals surface area contributed by atoms with E-state index >= 15 is 0 Å². The lowest BCUT2D eigenvalue weighted by molar-refractivity contribution is 0.105. The van der Waals surface area contributed by atoms with E-state index in [0.29, 0.717) is 0 Å². The molecule has 220 valence electrons. The Morgan fingerprint density at radius 1 is 1.02 bits per heavy atom. The molecule has 1 N–H and O–H groups in total. The van der Waals surface area contributed by atoms with Gasteiger partial charge in [-0.1, -0.05) is 99.6 Å². The monoisotopic (exact) mass is 561 g/mol. The smallest absolute Gasteiger partial charge is 0.192 e. The molecule has 0 saturated carbocycles. The SMILES string of the molecule is CC(C)c1nc2c(c(C3=CCCC3)c1C(O)c1ccc(C(C)(C)C)cc1)[C@@H](O[Si](C)(C)C(C)(C)C)CC(C)(C)C2. The number of allylic oxidation sites excluding steroid dienone is 2. The normalized spacial score (nSPS) is 20.4. The van der Waals surface area contributed by atoms with Crippen LogP contribution in [-0.2, 0) is 16.3 Å². The molecule has 2 atom stereocenters. The average molecular weight is 562 g/mol. The van der Waals surface area contributed by atoms with Gasteiger partial charge in [0.15, 0.2) is 8.32 Å². The molecule has 0 amide bonds. The molecule has 0 radical (unpaired) electrons. The zero-order valence-corrected chi connectivity index (χ0v) is 28.5. The Kier molecular flexibility index (Phi) is 8.44.